The number of rotatable bonds is 7. The molecule has 0 spiro atoms. The standard InChI is InChI=1S/C18H23NS/c1-14(2)8-9-15(3)10-11-16(4)18(19-5)13-17-7-6-12-20-17/h6-9,12-13H,4-5,10-11H2,1-3H3/b15-9+,18-13+. The lowest BCUT2D eigenvalue weighted by Crippen LogP contribution is -1.87. The molecule has 0 N–H and O–H groups in total. The maximum absolute atomic E-state index is 4.13. The van der Waals surface area contributed by atoms with Crippen LogP contribution in [-0.4, -0.2) is 6.72 Å². The lowest BCUT2D eigenvalue weighted by Gasteiger charge is -2.06. The third-order valence-electron chi connectivity index (χ3n) is 2.88. The van der Waals surface area contributed by atoms with Gasteiger partial charge in [-0.05, 0) is 63.4 Å². The van der Waals surface area contributed by atoms with Crippen molar-refractivity contribution in [3.05, 3.63) is 63.5 Å². The van der Waals surface area contributed by atoms with Gasteiger partial charge in [0.2, 0.25) is 0 Å². The summed E-state index contributed by atoms with van der Waals surface area (Å²) in [7, 11) is 0. The van der Waals surface area contributed by atoms with Gasteiger partial charge in [-0.1, -0.05) is 35.9 Å². The third kappa shape index (κ3) is 5.98. The van der Waals surface area contributed by atoms with E-state index in [4.69, 9.17) is 0 Å². The highest BCUT2D eigenvalue weighted by molar-refractivity contribution is 7.10. The molecule has 0 fully saturated rings. The Morgan fingerprint density at radius 1 is 1.25 bits per heavy atom. The molecule has 0 bridgehead atoms. The quantitative estimate of drug-likeness (QED) is 0.428. The summed E-state index contributed by atoms with van der Waals surface area (Å²) in [6.07, 6.45) is 8.28. The van der Waals surface area contributed by atoms with Gasteiger partial charge in [-0.25, -0.2) is 0 Å². The van der Waals surface area contributed by atoms with Gasteiger partial charge in [0.25, 0.3) is 0 Å². The molecule has 0 aliphatic rings. The average Bonchev–Trinajstić information content (AvgIpc) is 2.92. The van der Waals surface area contributed by atoms with Crippen LogP contribution >= 0.6 is 11.3 Å². The lowest BCUT2D eigenvalue weighted by molar-refractivity contribution is 0.933. The van der Waals surface area contributed by atoms with Crippen molar-refractivity contribution in [3.63, 3.8) is 0 Å². The summed E-state index contributed by atoms with van der Waals surface area (Å²) in [4.78, 5) is 5.29. The SMILES string of the molecule is C=N/C(=C/c1cccs1)C(=C)CC/C(C)=C/C=C(C)C. The van der Waals surface area contributed by atoms with Crippen LogP contribution < -0.4 is 0 Å². The first kappa shape index (κ1) is 16.4. The maximum Gasteiger partial charge on any atom is 0.0662 e. The first-order chi connectivity index (χ1) is 9.52. The summed E-state index contributed by atoms with van der Waals surface area (Å²) in [5.41, 5.74) is 4.60. The molecule has 1 nitrogen and oxygen atoms in total. The largest absolute Gasteiger partial charge is 0.264 e. The van der Waals surface area contributed by atoms with Crippen LogP contribution in [0.25, 0.3) is 6.08 Å². The Kier molecular flexibility index (Phi) is 6.96. The topological polar surface area (TPSA) is 12.4 Å². The summed E-state index contributed by atoms with van der Waals surface area (Å²) in [5, 5.41) is 2.06. The van der Waals surface area contributed by atoms with Crippen molar-refractivity contribution in [2.75, 3.05) is 0 Å². The molecule has 2 heteroatoms. The van der Waals surface area contributed by atoms with Crippen molar-refractivity contribution in [2.24, 2.45) is 4.99 Å². The van der Waals surface area contributed by atoms with Gasteiger partial charge >= 0.3 is 0 Å². The van der Waals surface area contributed by atoms with Crippen LogP contribution in [0, 0.1) is 0 Å². The van der Waals surface area contributed by atoms with E-state index in [0.717, 1.165) is 24.1 Å². The second-order valence-corrected chi connectivity index (χ2v) is 6.04. The molecule has 1 heterocycles. The number of hydrogen-bond acceptors (Lipinski definition) is 2. The minimum absolute atomic E-state index is 0.891. The fraction of sp³-hybridized carbons (Fsp3) is 0.278. The summed E-state index contributed by atoms with van der Waals surface area (Å²) in [6.45, 7) is 14.1. The van der Waals surface area contributed by atoms with E-state index in [9.17, 15) is 0 Å². The molecule has 0 aromatic carbocycles. The van der Waals surface area contributed by atoms with Crippen LogP contribution in [0.15, 0.2) is 63.7 Å². The minimum Gasteiger partial charge on any atom is -0.264 e. The van der Waals surface area contributed by atoms with E-state index in [1.54, 1.807) is 11.3 Å². The van der Waals surface area contributed by atoms with Gasteiger partial charge in [-0.3, -0.25) is 4.99 Å². The van der Waals surface area contributed by atoms with Crippen molar-refractivity contribution >= 4 is 24.1 Å². The highest BCUT2D eigenvalue weighted by Crippen LogP contribution is 2.22. The third-order valence-corrected chi connectivity index (χ3v) is 3.70. The Hall–Kier alpha value is -1.67. The molecule has 0 unspecified atom stereocenters. The van der Waals surface area contributed by atoms with Crippen molar-refractivity contribution in [2.45, 2.75) is 33.6 Å². The monoisotopic (exact) mass is 285 g/mol. The van der Waals surface area contributed by atoms with Crippen LogP contribution in [0.3, 0.4) is 0 Å². The van der Waals surface area contributed by atoms with Crippen LogP contribution in [0.1, 0.15) is 38.5 Å². The number of aliphatic imine (C=N–C) groups is 1. The predicted octanol–water partition coefficient (Wildman–Crippen LogP) is 6.04. The smallest absolute Gasteiger partial charge is 0.0662 e. The summed E-state index contributed by atoms with van der Waals surface area (Å²) in [5.74, 6) is 0. The summed E-state index contributed by atoms with van der Waals surface area (Å²) in [6, 6.07) is 4.11. The first-order valence-electron chi connectivity index (χ1n) is 6.73. The minimum atomic E-state index is 0.891. The van der Waals surface area contributed by atoms with Crippen molar-refractivity contribution < 1.29 is 0 Å². The van der Waals surface area contributed by atoms with Crippen molar-refractivity contribution in [3.8, 4) is 0 Å². The molecule has 0 aliphatic carbocycles. The highest BCUT2D eigenvalue weighted by atomic mass is 32.1. The second-order valence-electron chi connectivity index (χ2n) is 5.06. The predicted molar refractivity (Wildman–Crippen MR) is 93.4 cm³/mol. The fourth-order valence-corrected chi connectivity index (χ4v) is 2.29. The molecular formula is C18H23NS. The Morgan fingerprint density at radius 2 is 2.00 bits per heavy atom. The summed E-state index contributed by atoms with van der Waals surface area (Å²) < 4.78 is 0. The van der Waals surface area contributed by atoms with E-state index in [-0.39, 0.29) is 0 Å². The molecule has 1 rings (SSSR count). The molecule has 0 amide bonds. The normalized spacial score (nSPS) is 12.2. The van der Waals surface area contributed by atoms with Crippen molar-refractivity contribution in [1.82, 2.24) is 0 Å². The van der Waals surface area contributed by atoms with E-state index in [1.807, 2.05) is 6.07 Å². The van der Waals surface area contributed by atoms with E-state index in [2.05, 4.69) is 68.7 Å². The molecule has 0 saturated carbocycles. The maximum atomic E-state index is 4.13. The van der Waals surface area contributed by atoms with E-state index in [1.165, 1.54) is 16.0 Å². The van der Waals surface area contributed by atoms with Crippen LogP contribution in [0.4, 0.5) is 0 Å². The summed E-state index contributed by atoms with van der Waals surface area (Å²) >= 11 is 1.70. The second kappa shape index (κ2) is 8.49. The zero-order chi connectivity index (χ0) is 15.0. The van der Waals surface area contributed by atoms with Gasteiger partial charge in [-0.15, -0.1) is 11.3 Å². The van der Waals surface area contributed by atoms with Gasteiger partial charge < -0.3 is 0 Å². The Labute approximate surface area is 126 Å². The molecule has 0 aliphatic heterocycles. The molecule has 1 aromatic rings. The molecule has 106 valence electrons. The van der Waals surface area contributed by atoms with Gasteiger partial charge in [0.05, 0.1) is 5.70 Å². The van der Waals surface area contributed by atoms with Gasteiger partial charge in [-0.2, -0.15) is 0 Å². The number of thiophene rings is 1. The Morgan fingerprint density at radius 3 is 2.55 bits per heavy atom. The van der Waals surface area contributed by atoms with Gasteiger partial charge in [0, 0.05) is 4.88 Å². The molecular weight excluding hydrogens is 262 g/mol. The van der Waals surface area contributed by atoms with Crippen molar-refractivity contribution in [1.29, 1.82) is 0 Å². The lowest BCUT2D eigenvalue weighted by atomic mass is 10.0. The van der Waals surface area contributed by atoms with E-state index >= 15 is 0 Å². The van der Waals surface area contributed by atoms with Gasteiger partial charge in [0.1, 0.15) is 0 Å². The molecule has 0 saturated heterocycles. The number of hydrogen-bond donors (Lipinski definition) is 0. The van der Waals surface area contributed by atoms with Crippen LogP contribution in [0.2, 0.25) is 0 Å². The highest BCUT2D eigenvalue weighted by Gasteiger charge is 2.02. The van der Waals surface area contributed by atoms with Crippen LogP contribution in [-0.2, 0) is 0 Å². The number of allylic oxidation sites excluding steroid dienone is 5. The number of nitrogens with zero attached hydrogens (tertiary/aromatic N) is 1. The van der Waals surface area contributed by atoms with Gasteiger partial charge in [0.15, 0.2) is 0 Å². The molecule has 0 radical (unpaired) electrons. The first-order valence-corrected chi connectivity index (χ1v) is 7.61. The zero-order valence-electron chi connectivity index (χ0n) is 12.6. The zero-order valence-corrected chi connectivity index (χ0v) is 13.5. The Bertz CT molecular complexity index is 538. The average molecular weight is 285 g/mol. The molecule has 1 aromatic heterocycles. The Balaban J connectivity index is 2.63. The molecule has 20 heavy (non-hydrogen) atoms. The molecule has 0 atom stereocenters. The van der Waals surface area contributed by atoms with Crippen LogP contribution in [0.5, 0.6) is 0 Å². The fourth-order valence-electron chi connectivity index (χ4n) is 1.64. The van der Waals surface area contributed by atoms with E-state index in [0.29, 0.717) is 0 Å². The van der Waals surface area contributed by atoms with E-state index < -0.39 is 0 Å².